The van der Waals surface area contributed by atoms with Crippen LogP contribution in [-0.2, 0) is 4.74 Å². The Morgan fingerprint density at radius 3 is 2.18 bits per heavy atom. The predicted molar refractivity (Wildman–Crippen MR) is 85.7 cm³/mol. The highest BCUT2D eigenvalue weighted by molar-refractivity contribution is 5.35. The zero-order valence-electron chi connectivity index (χ0n) is 12.6. The largest absolute Gasteiger partial charge is 0.492 e. The normalized spacial score (nSPS) is 15.5. The summed E-state index contributed by atoms with van der Waals surface area (Å²) < 4.78 is 16.9. The van der Waals surface area contributed by atoms with Gasteiger partial charge in [-0.2, -0.15) is 0 Å². The van der Waals surface area contributed by atoms with Crippen LogP contribution in [-0.4, -0.2) is 44.4 Å². The van der Waals surface area contributed by atoms with Crippen molar-refractivity contribution < 1.29 is 14.2 Å². The van der Waals surface area contributed by atoms with Gasteiger partial charge in [0.25, 0.3) is 0 Å². The van der Waals surface area contributed by atoms with E-state index in [4.69, 9.17) is 14.2 Å². The van der Waals surface area contributed by atoms with Gasteiger partial charge < -0.3 is 14.2 Å². The Labute approximate surface area is 131 Å². The minimum Gasteiger partial charge on any atom is -0.492 e. The number of rotatable bonds is 6. The number of ether oxygens (including phenoxy) is 3. The third-order valence-electron chi connectivity index (χ3n) is 3.58. The molecule has 0 radical (unpaired) electrons. The molecule has 0 N–H and O–H groups in total. The summed E-state index contributed by atoms with van der Waals surface area (Å²) in [6.45, 7) is 5.27. The molecule has 0 spiro atoms. The molecule has 22 heavy (non-hydrogen) atoms. The molecular weight excluding hydrogens is 278 g/mol. The Morgan fingerprint density at radius 2 is 1.45 bits per heavy atom. The fourth-order valence-electron chi connectivity index (χ4n) is 2.35. The van der Waals surface area contributed by atoms with Gasteiger partial charge in [-0.1, -0.05) is 18.2 Å². The lowest BCUT2D eigenvalue weighted by Gasteiger charge is -2.26. The van der Waals surface area contributed by atoms with Gasteiger partial charge in [-0.25, -0.2) is 0 Å². The zero-order valence-corrected chi connectivity index (χ0v) is 12.6. The number of hydrogen-bond donors (Lipinski definition) is 0. The minimum atomic E-state index is 0.693. The molecule has 116 valence electrons. The van der Waals surface area contributed by atoms with Gasteiger partial charge in [0, 0.05) is 19.6 Å². The highest BCUT2D eigenvalue weighted by Gasteiger charge is 2.09. The first-order valence-corrected chi connectivity index (χ1v) is 7.66. The second-order valence-corrected chi connectivity index (χ2v) is 5.19. The van der Waals surface area contributed by atoms with Gasteiger partial charge in [0.05, 0.1) is 13.2 Å². The SMILES string of the molecule is c1ccc(Oc2ccc(OCCN3CCOCC3)cc2)cc1. The van der Waals surface area contributed by atoms with Crippen LogP contribution >= 0.6 is 0 Å². The van der Waals surface area contributed by atoms with E-state index >= 15 is 0 Å². The first-order valence-electron chi connectivity index (χ1n) is 7.66. The van der Waals surface area contributed by atoms with Crippen molar-refractivity contribution in [3.8, 4) is 17.2 Å². The summed E-state index contributed by atoms with van der Waals surface area (Å²) in [6, 6.07) is 17.5. The van der Waals surface area contributed by atoms with Gasteiger partial charge in [-0.3, -0.25) is 4.90 Å². The van der Waals surface area contributed by atoms with E-state index in [-0.39, 0.29) is 0 Å². The molecule has 1 fully saturated rings. The van der Waals surface area contributed by atoms with Crippen LogP contribution in [0.3, 0.4) is 0 Å². The second-order valence-electron chi connectivity index (χ2n) is 5.19. The van der Waals surface area contributed by atoms with E-state index in [2.05, 4.69) is 4.90 Å². The summed E-state index contributed by atoms with van der Waals surface area (Å²) in [5.41, 5.74) is 0. The molecule has 0 aliphatic carbocycles. The molecule has 1 saturated heterocycles. The van der Waals surface area contributed by atoms with E-state index in [9.17, 15) is 0 Å². The first-order chi connectivity index (χ1) is 10.9. The number of hydrogen-bond acceptors (Lipinski definition) is 4. The molecule has 0 unspecified atom stereocenters. The summed E-state index contributed by atoms with van der Waals surface area (Å²) in [4.78, 5) is 2.36. The molecule has 3 rings (SSSR count). The quantitative estimate of drug-likeness (QED) is 0.819. The van der Waals surface area contributed by atoms with Crippen molar-refractivity contribution in [2.45, 2.75) is 0 Å². The zero-order chi connectivity index (χ0) is 15.0. The fraction of sp³-hybridized carbons (Fsp3) is 0.333. The van der Waals surface area contributed by atoms with Crippen LogP contribution in [0, 0.1) is 0 Å². The van der Waals surface area contributed by atoms with E-state index in [1.807, 2.05) is 54.6 Å². The number of para-hydroxylation sites is 1. The molecular formula is C18H21NO3. The third-order valence-corrected chi connectivity index (χ3v) is 3.58. The van der Waals surface area contributed by atoms with Crippen LogP contribution in [0.15, 0.2) is 54.6 Å². The second kappa shape index (κ2) is 7.82. The lowest BCUT2D eigenvalue weighted by atomic mass is 10.3. The van der Waals surface area contributed by atoms with Crippen LogP contribution in [0.25, 0.3) is 0 Å². The molecule has 0 aromatic heterocycles. The van der Waals surface area contributed by atoms with E-state index < -0.39 is 0 Å². The van der Waals surface area contributed by atoms with Crippen molar-refractivity contribution in [2.24, 2.45) is 0 Å². The van der Waals surface area contributed by atoms with E-state index in [0.29, 0.717) is 6.61 Å². The smallest absolute Gasteiger partial charge is 0.127 e. The van der Waals surface area contributed by atoms with Gasteiger partial charge in [-0.05, 0) is 36.4 Å². The summed E-state index contributed by atoms with van der Waals surface area (Å²) in [7, 11) is 0. The molecule has 0 amide bonds. The van der Waals surface area contributed by atoms with Gasteiger partial charge in [0.15, 0.2) is 0 Å². The summed E-state index contributed by atoms with van der Waals surface area (Å²) in [6.07, 6.45) is 0. The fourth-order valence-corrected chi connectivity index (χ4v) is 2.35. The molecule has 4 nitrogen and oxygen atoms in total. The standard InChI is InChI=1S/C18H21NO3/c1-2-4-17(5-3-1)22-18-8-6-16(7-9-18)21-15-12-19-10-13-20-14-11-19/h1-9H,10-15H2. The molecule has 2 aromatic rings. The van der Waals surface area contributed by atoms with E-state index in [0.717, 1.165) is 50.1 Å². The average molecular weight is 299 g/mol. The maximum atomic E-state index is 5.78. The highest BCUT2D eigenvalue weighted by Crippen LogP contribution is 2.23. The van der Waals surface area contributed by atoms with Crippen LogP contribution in [0.1, 0.15) is 0 Å². The Balaban J connectivity index is 1.45. The highest BCUT2D eigenvalue weighted by atomic mass is 16.5. The Kier molecular flexibility index (Phi) is 5.29. The number of benzene rings is 2. The molecule has 0 atom stereocenters. The van der Waals surface area contributed by atoms with Crippen molar-refractivity contribution >= 4 is 0 Å². The molecule has 0 bridgehead atoms. The maximum Gasteiger partial charge on any atom is 0.127 e. The molecule has 4 heteroatoms. The van der Waals surface area contributed by atoms with Gasteiger partial charge >= 0.3 is 0 Å². The van der Waals surface area contributed by atoms with Crippen LogP contribution < -0.4 is 9.47 Å². The van der Waals surface area contributed by atoms with Crippen molar-refractivity contribution in [1.82, 2.24) is 4.90 Å². The van der Waals surface area contributed by atoms with Gasteiger partial charge in [-0.15, -0.1) is 0 Å². The van der Waals surface area contributed by atoms with Crippen LogP contribution in [0.2, 0.25) is 0 Å². The maximum absolute atomic E-state index is 5.78. The first kappa shape index (κ1) is 14.9. The van der Waals surface area contributed by atoms with Crippen LogP contribution in [0.5, 0.6) is 17.2 Å². The molecule has 1 heterocycles. The number of morpholine rings is 1. The molecule has 1 aliphatic heterocycles. The predicted octanol–water partition coefficient (Wildman–Crippen LogP) is 3.19. The Morgan fingerprint density at radius 1 is 0.818 bits per heavy atom. The Bertz CT molecular complexity index is 550. The lowest BCUT2D eigenvalue weighted by Crippen LogP contribution is -2.38. The summed E-state index contributed by atoms with van der Waals surface area (Å²) in [5, 5.41) is 0. The molecule has 2 aromatic carbocycles. The van der Waals surface area contributed by atoms with Crippen molar-refractivity contribution in [3.63, 3.8) is 0 Å². The minimum absolute atomic E-state index is 0.693. The van der Waals surface area contributed by atoms with E-state index in [1.54, 1.807) is 0 Å². The van der Waals surface area contributed by atoms with Crippen molar-refractivity contribution in [3.05, 3.63) is 54.6 Å². The third kappa shape index (κ3) is 4.48. The average Bonchev–Trinajstić information content (AvgIpc) is 2.58. The van der Waals surface area contributed by atoms with Crippen LogP contribution in [0.4, 0.5) is 0 Å². The summed E-state index contributed by atoms with van der Waals surface area (Å²) >= 11 is 0. The topological polar surface area (TPSA) is 30.9 Å². The molecule has 1 aliphatic rings. The molecule has 0 saturated carbocycles. The Hall–Kier alpha value is -2.04. The van der Waals surface area contributed by atoms with Crippen molar-refractivity contribution in [1.29, 1.82) is 0 Å². The lowest BCUT2D eigenvalue weighted by molar-refractivity contribution is 0.0322. The number of nitrogens with zero attached hydrogens (tertiary/aromatic N) is 1. The monoisotopic (exact) mass is 299 g/mol. The van der Waals surface area contributed by atoms with Gasteiger partial charge in [0.2, 0.25) is 0 Å². The van der Waals surface area contributed by atoms with Crippen molar-refractivity contribution in [2.75, 3.05) is 39.5 Å². The summed E-state index contributed by atoms with van der Waals surface area (Å²) in [5.74, 6) is 2.52. The van der Waals surface area contributed by atoms with E-state index in [1.165, 1.54) is 0 Å². The van der Waals surface area contributed by atoms with Gasteiger partial charge in [0.1, 0.15) is 23.9 Å².